The summed E-state index contributed by atoms with van der Waals surface area (Å²) in [6.07, 6.45) is 1.31. The van der Waals surface area contributed by atoms with Crippen LogP contribution < -0.4 is 14.8 Å². The molecule has 0 aromatic heterocycles. The Morgan fingerprint density at radius 1 is 1.00 bits per heavy atom. The van der Waals surface area contributed by atoms with Crippen LogP contribution in [-0.4, -0.2) is 37.1 Å². The van der Waals surface area contributed by atoms with Crippen molar-refractivity contribution in [3.8, 4) is 11.5 Å². The molecule has 2 aromatic rings. The molecule has 29 heavy (non-hydrogen) atoms. The van der Waals surface area contributed by atoms with Gasteiger partial charge in [0.05, 0.1) is 5.56 Å². The zero-order valence-electron chi connectivity index (χ0n) is 17.3. The van der Waals surface area contributed by atoms with Crippen LogP contribution in [0.15, 0.2) is 42.5 Å². The summed E-state index contributed by atoms with van der Waals surface area (Å²) in [6, 6.07) is 13.8. The average Bonchev–Trinajstić information content (AvgIpc) is 2.72. The third-order valence-electron chi connectivity index (χ3n) is 5.71. The number of nitrogens with zero attached hydrogens (tertiary/aromatic N) is 1. The first-order valence-corrected chi connectivity index (χ1v) is 10.6. The molecule has 1 saturated heterocycles. The highest BCUT2D eigenvalue weighted by molar-refractivity contribution is 5.97. The number of hydrogen-bond acceptors (Lipinski definition) is 4. The molecule has 4 rings (SSSR count). The van der Waals surface area contributed by atoms with Gasteiger partial charge < -0.3 is 14.8 Å². The molecule has 2 aromatic carbocycles. The topological polar surface area (TPSA) is 50.8 Å². The molecular weight excluding hydrogens is 364 g/mol. The fourth-order valence-electron chi connectivity index (χ4n) is 4.57. The highest BCUT2D eigenvalue weighted by Crippen LogP contribution is 2.33. The second kappa shape index (κ2) is 8.87. The monoisotopic (exact) mass is 394 g/mol. The van der Waals surface area contributed by atoms with E-state index in [1.807, 2.05) is 18.2 Å². The molecule has 5 nitrogen and oxygen atoms in total. The van der Waals surface area contributed by atoms with Crippen LogP contribution in [0.5, 0.6) is 11.5 Å². The van der Waals surface area contributed by atoms with Crippen molar-refractivity contribution >= 4 is 5.91 Å². The molecule has 0 radical (unpaired) electrons. The van der Waals surface area contributed by atoms with Crippen LogP contribution in [-0.2, 0) is 13.1 Å². The van der Waals surface area contributed by atoms with Gasteiger partial charge in [-0.15, -0.1) is 0 Å². The molecule has 1 fully saturated rings. The Balaban J connectivity index is 1.43. The van der Waals surface area contributed by atoms with Gasteiger partial charge >= 0.3 is 0 Å². The lowest BCUT2D eigenvalue weighted by Gasteiger charge is -2.35. The molecule has 154 valence electrons. The molecular formula is C24H30N2O3. The average molecular weight is 395 g/mol. The Hall–Kier alpha value is -2.53. The molecule has 1 N–H and O–H groups in total. The van der Waals surface area contributed by atoms with E-state index >= 15 is 0 Å². The van der Waals surface area contributed by atoms with Crippen molar-refractivity contribution in [2.24, 2.45) is 11.8 Å². The number of ether oxygens (including phenoxy) is 2. The third kappa shape index (κ3) is 4.73. The standard InChI is InChI=1S/C24H30N2O3/c1-17-12-18(2)15-26(14-17)16-20-7-4-3-6-19(20)13-25-24(27)21-8-5-9-22-23(21)29-11-10-28-22/h3-9,17-18H,10-16H2,1-2H3,(H,25,27). The van der Waals surface area contributed by atoms with E-state index in [0.29, 0.717) is 36.8 Å². The number of likely N-dealkylation sites (tertiary alicyclic amines) is 1. The van der Waals surface area contributed by atoms with Crippen LogP contribution in [0.2, 0.25) is 0 Å². The summed E-state index contributed by atoms with van der Waals surface area (Å²) >= 11 is 0. The first kappa shape index (κ1) is 19.8. The summed E-state index contributed by atoms with van der Waals surface area (Å²) in [7, 11) is 0. The van der Waals surface area contributed by atoms with Gasteiger partial charge in [0.1, 0.15) is 13.2 Å². The van der Waals surface area contributed by atoms with Crippen LogP contribution in [0.4, 0.5) is 0 Å². The first-order valence-electron chi connectivity index (χ1n) is 10.6. The summed E-state index contributed by atoms with van der Waals surface area (Å²) < 4.78 is 11.3. The summed E-state index contributed by atoms with van der Waals surface area (Å²) in [5.41, 5.74) is 2.97. The van der Waals surface area contributed by atoms with Gasteiger partial charge in [-0.2, -0.15) is 0 Å². The van der Waals surface area contributed by atoms with E-state index in [4.69, 9.17) is 9.47 Å². The molecule has 0 spiro atoms. The highest BCUT2D eigenvalue weighted by Gasteiger charge is 2.23. The Morgan fingerprint density at radius 2 is 1.72 bits per heavy atom. The van der Waals surface area contributed by atoms with Gasteiger partial charge in [-0.3, -0.25) is 9.69 Å². The van der Waals surface area contributed by atoms with E-state index in [1.165, 1.54) is 12.0 Å². The normalized spacial score (nSPS) is 21.6. The van der Waals surface area contributed by atoms with E-state index in [0.717, 1.165) is 37.0 Å². The van der Waals surface area contributed by atoms with Crippen molar-refractivity contribution in [1.82, 2.24) is 10.2 Å². The maximum atomic E-state index is 12.8. The van der Waals surface area contributed by atoms with E-state index in [1.54, 1.807) is 6.07 Å². The van der Waals surface area contributed by atoms with E-state index < -0.39 is 0 Å². The van der Waals surface area contributed by atoms with Crippen LogP contribution in [0.1, 0.15) is 41.8 Å². The van der Waals surface area contributed by atoms with Gasteiger partial charge in [-0.25, -0.2) is 0 Å². The van der Waals surface area contributed by atoms with Crippen LogP contribution in [0.3, 0.4) is 0 Å². The predicted octanol–water partition coefficient (Wildman–Crippen LogP) is 3.87. The van der Waals surface area contributed by atoms with Gasteiger partial charge in [0.2, 0.25) is 0 Å². The maximum Gasteiger partial charge on any atom is 0.255 e. The largest absolute Gasteiger partial charge is 0.486 e. The third-order valence-corrected chi connectivity index (χ3v) is 5.71. The molecule has 0 aliphatic carbocycles. The number of hydrogen-bond donors (Lipinski definition) is 1. The van der Waals surface area contributed by atoms with Gasteiger partial charge in [0.25, 0.3) is 5.91 Å². The Bertz CT molecular complexity index is 857. The molecule has 5 heteroatoms. The van der Waals surface area contributed by atoms with Crippen LogP contribution in [0, 0.1) is 11.8 Å². The molecule has 0 saturated carbocycles. The number of piperidine rings is 1. The number of fused-ring (bicyclic) bond motifs is 1. The minimum Gasteiger partial charge on any atom is -0.486 e. The molecule has 2 atom stereocenters. The number of carbonyl (C=O) groups excluding carboxylic acids is 1. The number of rotatable bonds is 5. The van der Waals surface area contributed by atoms with Crippen LogP contribution in [0.25, 0.3) is 0 Å². The molecule has 2 aliphatic rings. The highest BCUT2D eigenvalue weighted by atomic mass is 16.6. The van der Waals surface area contributed by atoms with E-state index in [9.17, 15) is 4.79 Å². The fraction of sp³-hybridized carbons (Fsp3) is 0.458. The zero-order chi connectivity index (χ0) is 20.2. The lowest BCUT2D eigenvalue weighted by atomic mass is 9.91. The van der Waals surface area contributed by atoms with Crippen molar-refractivity contribution in [2.75, 3.05) is 26.3 Å². The second-order valence-electron chi connectivity index (χ2n) is 8.42. The van der Waals surface area contributed by atoms with Gasteiger partial charge in [0, 0.05) is 26.2 Å². The van der Waals surface area contributed by atoms with Gasteiger partial charge in [-0.1, -0.05) is 44.2 Å². The first-order chi connectivity index (χ1) is 14.1. The molecule has 0 bridgehead atoms. The maximum absolute atomic E-state index is 12.8. The summed E-state index contributed by atoms with van der Waals surface area (Å²) in [4.78, 5) is 15.4. The molecule has 2 heterocycles. The Kier molecular flexibility index (Phi) is 6.05. The Labute approximate surface area is 173 Å². The van der Waals surface area contributed by atoms with Gasteiger partial charge in [0.15, 0.2) is 11.5 Å². The molecule has 2 aliphatic heterocycles. The minimum atomic E-state index is -0.137. The zero-order valence-corrected chi connectivity index (χ0v) is 17.3. The number of benzene rings is 2. The van der Waals surface area contributed by atoms with E-state index in [2.05, 4.69) is 42.3 Å². The van der Waals surface area contributed by atoms with Crippen molar-refractivity contribution in [3.63, 3.8) is 0 Å². The van der Waals surface area contributed by atoms with Crippen molar-refractivity contribution in [2.45, 2.75) is 33.4 Å². The number of carbonyl (C=O) groups is 1. The van der Waals surface area contributed by atoms with Crippen molar-refractivity contribution in [3.05, 3.63) is 59.2 Å². The lowest BCUT2D eigenvalue weighted by molar-refractivity contribution is 0.0939. The molecule has 1 amide bonds. The fourth-order valence-corrected chi connectivity index (χ4v) is 4.57. The van der Waals surface area contributed by atoms with E-state index in [-0.39, 0.29) is 5.91 Å². The van der Waals surface area contributed by atoms with Gasteiger partial charge in [-0.05, 0) is 41.5 Å². The van der Waals surface area contributed by atoms with Crippen molar-refractivity contribution in [1.29, 1.82) is 0 Å². The number of nitrogens with one attached hydrogen (secondary N) is 1. The lowest BCUT2D eigenvalue weighted by Crippen LogP contribution is -2.38. The molecule has 2 unspecified atom stereocenters. The van der Waals surface area contributed by atoms with Crippen LogP contribution >= 0.6 is 0 Å². The predicted molar refractivity (Wildman–Crippen MR) is 113 cm³/mol. The smallest absolute Gasteiger partial charge is 0.255 e. The second-order valence-corrected chi connectivity index (χ2v) is 8.42. The summed E-state index contributed by atoms with van der Waals surface area (Å²) in [5.74, 6) is 2.51. The SMILES string of the molecule is CC1CC(C)CN(Cc2ccccc2CNC(=O)c2cccc3c2OCCO3)C1. The number of amides is 1. The quantitative estimate of drug-likeness (QED) is 0.837. The summed E-state index contributed by atoms with van der Waals surface area (Å²) in [6.45, 7) is 9.35. The Morgan fingerprint density at radius 3 is 2.52 bits per heavy atom. The summed E-state index contributed by atoms with van der Waals surface area (Å²) in [5, 5.41) is 3.07. The number of para-hydroxylation sites is 1. The van der Waals surface area contributed by atoms with Crippen molar-refractivity contribution < 1.29 is 14.3 Å². The minimum absolute atomic E-state index is 0.137.